The van der Waals surface area contributed by atoms with Gasteiger partial charge in [0.15, 0.2) is 14.1 Å². The van der Waals surface area contributed by atoms with Crippen LogP contribution in [0.15, 0.2) is 12.2 Å². The van der Waals surface area contributed by atoms with Crippen LogP contribution in [-0.2, 0) is 9.22 Å². The van der Waals surface area contributed by atoms with E-state index in [9.17, 15) is 4.79 Å². The third-order valence-corrected chi connectivity index (χ3v) is 8.54. The molecule has 0 heterocycles. The number of ketones is 1. The fourth-order valence-electron chi connectivity index (χ4n) is 1.47. The average molecular weight is 240 g/mol. The van der Waals surface area contributed by atoms with Crippen LogP contribution in [0.3, 0.4) is 0 Å². The van der Waals surface area contributed by atoms with E-state index in [0.717, 1.165) is 0 Å². The molecule has 3 heteroatoms. The summed E-state index contributed by atoms with van der Waals surface area (Å²) in [6.45, 7) is 13.9. The fraction of sp³-hybridized carbons (Fsp3) is 0.769. The molecular formula is C13H24O2Si. The van der Waals surface area contributed by atoms with Crippen LogP contribution in [0, 0.1) is 11.8 Å². The molecular weight excluding hydrogens is 216 g/mol. The van der Waals surface area contributed by atoms with Gasteiger partial charge in [-0.2, -0.15) is 0 Å². The highest BCUT2D eigenvalue weighted by atomic mass is 28.4. The minimum atomic E-state index is -1.67. The first-order valence-electron chi connectivity index (χ1n) is 6.01. The van der Waals surface area contributed by atoms with Crippen LogP contribution < -0.4 is 0 Å². The van der Waals surface area contributed by atoms with Gasteiger partial charge in [-0.1, -0.05) is 33.8 Å². The van der Waals surface area contributed by atoms with E-state index < -0.39 is 8.32 Å². The van der Waals surface area contributed by atoms with Crippen LogP contribution in [0.25, 0.3) is 0 Å². The molecule has 0 aliphatic heterocycles. The van der Waals surface area contributed by atoms with Gasteiger partial charge in [0.2, 0.25) is 0 Å². The first kappa shape index (κ1) is 13.7. The Hall–Kier alpha value is -0.413. The van der Waals surface area contributed by atoms with Gasteiger partial charge in [0.25, 0.3) is 0 Å². The smallest absolute Gasteiger partial charge is 0.192 e. The molecule has 0 saturated carbocycles. The van der Waals surface area contributed by atoms with E-state index in [1.54, 1.807) is 6.08 Å². The summed E-state index contributed by atoms with van der Waals surface area (Å²) < 4.78 is 6.13. The fourth-order valence-corrected chi connectivity index (χ4v) is 2.51. The minimum Gasteiger partial charge on any atom is -0.416 e. The van der Waals surface area contributed by atoms with E-state index in [1.165, 1.54) is 0 Å². The van der Waals surface area contributed by atoms with Crippen molar-refractivity contribution < 1.29 is 9.22 Å². The van der Waals surface area contributed by atoms with Gasteiger partial charge in [-0.3, -0.25) is 4.79 Å². The molecule has 2 nitrogen and oxygen atoms in total. The lowest BCUT2D eigenvalue weighted by molar-refractivity contribution is -0.118. The van der Waals surface area contributed by atoms with Gasteiger partial charge in [0.1, 0.15) is 0 Å². The van der Waals surface area contributed by atoms with E-state index in [4.69, 9.17) is 4.43 Å². The Morgan fingerprint density at radius 3 is 2.31 bits per heavy atom. The van der Waals surface area contributed by atoms with Crippen molar-refractivity contribution >= 4 is 14.1 Å². The molecule has 1 rings (SSSR count). The molecule has 0 aromatic carbocycles. The van der Waals surface area contributed by atoms with Crippen molar-refractivity contribution in [1.82, 2.24) is 0 Å². The van der Waals surface area contributed by atoms with Crippen molar-refractivity contribution in [3.63, 3.8) is 0 Å². The number of carbonyl (C=O) groups is 1. The topological polar surface area (TPSA) is 26.3 Å². The number of rotatable bonds is 3. The zero-order chi connectivity index (χ0) is 12.6. The van der Waals surface area contributed by atoms with Gasteiger partial charge >= 0.3 is 0 Å². The first-order valence-corrected chi connectivity index (χ1v) is 8.92. The highest BCUT2D eigenvalue weighted by Crippen LogP contribution is 2.37. The second kappa shape index (κ2) is 4.45. The Bertz CT molecular complexity index is 300. The summed E-state index contributed by atoms with van der Waals surface area (Å²) in [6, 6.07) is 0. The second-order valence-corrected chi connectivity index (χ2v) is 11.1. The highest BCUT2D eigenvalue weighted by Gasteiger charge is 2.38. The zero-order valence-corrected chi connectivity index (χ0v) is 12.3. The zero-order valence-electron chi connectivity index (χ0n) is 11.3. The minimum absolute atomic E-state index is 0.102. The van der Waals surface area contributed by atoms with E-state index in [0.29, 0.717) is 6.61 Å². The Morgan fingerprint density at radius 2 is 1.94 bits per heavy atom. The molecule has 0 radical (unpaired) electrons. The largest absolute Gasteiger partial charge is 0.416 e. The van der Waals surface area contributed by atoms with E-state index in [1.807, 2.05) is 13.0 Å². The summed E-state index contributed by atoms with van der Waals surface area (Å²) in [7, 11) is -1.67. The maximum atomic E-state index is 11.4. The highest BCUT2D eigenvalue weighted by molar-refractivity contribution is 6.74. The van der Waals surface area contributed by atoms with Gasteiger partial charge in [-0.15, -0.1) is 0 Å². The summed E-state index contributed by atoms with van der Waals surface area (Å²) in [6.07, 6.45) is 3.70. The summed E-state index contributed by atoms with van der Waals surface area (Å²) in [4.78, 5) is 11.4. The van der Waals surface area contributed by atoms with Gasteiger partial charge in [-0.05, 0) is 24.2 Å². The van der Waals surface area contributed by atoms with Gasteiger partial charge in [-0.25, -0.2) is 0 Å². The molecule has 0 spiro atoms. The summed E-state index contributed by atoms with van der Waals surface area (Å²) in [5.74, 6) is 0.621. The van der Waals surface area contributed by atoms with Crippen molar-refractivity contribution in [2.24, 2.45) is 11.8 Å². The molecule has 0 fully saturated rings. The molecule has 2 atom stereocenters. The first-order chi connectivity index (χ1) is 7.15. The number of allylic oxidation sites excluding steroid dienone is 1. The number of hydrogen-bond acceptors (Lipinski definition) is 2. The van der Waals surface area contributed by atoms with Gasteiger partial charge in [0.05, 0.1) is 0 Å². The molecule has 1 aliphatic rings. The van der Waals surface area contributed by atoms with E-state index in [2.05, 4.69) is 33.9 Å². The Kier molecular flexibility index (Phi) is 3.80. The van der Waals surface area contributed by atoms with Crippen LogP contribution >= 0.6 is 0 Å². The molecule has 0 saturated heterocycles. The van der Waals surface area contributed by atoms with E-state index in [-0.39, 0.29) is 22.7 Å². The molecule has 92 valence electrons. The maximum Gasteiger partial charge on any atom is 0.192 e. The second-order valence-electron chi connectivity index (χ2n) is 6.29. The molecule has 0 aromatic heterocycles. The molecule has 0 N–H and O–H groups in total. The third-order valence-electron chi connectivity index (χ3n) is 4.04. The molecule has 0 unspecified atom stereocenters. The predicted octanol–water partition coefficient (Wildman–Crippen LogP) is 3.40. The summed E-state index contributed by atoms with van der Waals surface area (Å²) in [5, 5.41) is 0.239. The van der Waals surface area contributed by atoms with Crippen molar-refractivity contribution in [1.29, 1.82) is 0 Å². The van der Waals surface area contributed by atoms with Gasteiger partial charge < -0.3 is 4.43 Å². The third kappa shape index (κ3) is 2.83. The monoisotopic (exact) mass is 240 g/mol. The van der Waals surface area contributed by atoms with Crippen LogP contribution in [0.2, 0.25) is 18.1 Å². The van der Waals surface area contributed by atoms with Crippen molar-refractivity contribution in [3.05, 3.63) is 12.2 Å². The van der Waals surface area contributed by atoms with Gasteiger partial charge in [0, 0.05) is 18.4 Å². The average Bonchev–Trinajstić information content (AvgIpc) is 2.43. The van der Waals surface area contributed by atoms with Crippen LogP contribution in [0.1, 0.15) is 27.7 Å². The lowest BCUT2D eigenvalue weighted by atomic mass is 9.98. The molecule has 16 heavy (non-hydrogen) atoms. The molecule has 0 bridgehead atoms. The van der Waals surface area contributed by atoms with Crippen LogP contribution in [-0.4, -0.2) is 20.7 Å². The number of carbonyl (C=O) groups excluding carboxylic acids is 1. The Balaban J connectivity index is 2.53. The molecule has 1 aliphatic carbocycles. The normalized spacial score (nSPS) is 26.5. The van der Waals surface area contributed by atoms with Crippen molar-refractivity contribution in [2.45, 2.75) is 45.8 Å². The molecule has 0 amide bonds. The van der Waals surface area contributed by atoms with Crippen LogP contribution in [0.5, 0.6) is 0 Å². The molecule has 0 aromatic rings. The quantitative estimate of drug-likeness (QED) is 0.707. The predicted molar refractivity (Wildman–Crippen MR) is 70.0 cm³/mol. The maximum absolute atomic E-state index is 11.4. The Labute approximate surface area is 100 Å². The Morgan fingerprint density at radius 1 is 1.38 bits per heavy atom. The number of hydrogen-bond donors (Lipinski definition) is 0. The van der Waals surface area contributed by atoms with E-state index >= 15 is 0 Å². The van der Waals surface area contributed by atoms with Crippen molar-refractivity contribution in [2.75, 3.05) is 6.61 Å². The standard InChI is InChI=1S/C13H24O2Si/c1-10-11(7-8-12(10)14)9-15-16(5,6)13(2,3)4/h7-8,10-11H,9H2,1-6H3/t10-,11-/m1/s1. The lowest BCUT2D eigenvalue weighted by Gasteiger charge is -2.37. The SMILES string of the molecule is C[C@H]1C(=O)C=C[C@@H]1CO[Si](C)(C)C(C)(C)C. The lowest BCUT2D eigenvalue weighted by Crippen LogP contribution is -2.42. The van der Waals surface area contributed by atoms with Crippen molar-refractivity contribution in [3.8, 4) is 0 Å². The summed E-state index contributed by atoms with van der Waals surface area (Å²) >= 11 is 0. The summed E-state index contributed by atoms with van der Waals surface area (Å²) in [5.41, 5.74) is 0. The van der Waals surface area contributed by atoms with Crippen LogP contribution in [0.4, 0.5) is 0 Å².